The van der Waals surface area contributed by atoms with E-state index in [4.69, 9.17) is 47.6 Å². The van der Waals surface area contributed by atoms with Crippen molar-refractivity contribution in [3.63, 3.8) is 0 Å². The van der Waals surface area contributed by atoms with Crippen molar-refractivity contribution in [3.8, 4) is 5.75 Å². The molecule has 16 heteroatoms. The van der Waals surface area contributed by atoms with Crippen molar-refractivity contribution in [2.24, 2.45) is 0 Å². The summed E-state index contributed by atoms with van der Waals surface area (Å²) in [4.78, 5) is 26.8. The highest BCUT2D eigenvalue weighted by Gasteiger charge is 2.41. The molecule has 0 saturated heterocycles. The first-order valence-corrected chi connectivity index (χ1v) is 11.1. The number of carbonyl (C=O) groups is 1. The van der Waals surface area contributed by atoms with Crippen LogP contribution in [0.3, 0.4) is 0 Å². The van der Waals surface area contributed by atoms with Crippen LogP contribution in [0.25, 0.3) is 5.57 Å². The number of amides is 1. The van der Waals surface area contributed by atoms with E-state index < -0.39 is 53.0 Å². The fraction of sp³-hybridized carbons (Fsp3) is 0.318. The molecule has 210 valence electrons. The van der Waals surface area contributed by atoms with Crippen LogP contribution in [0.15, 0.2) is 55.1 Å². The van der Waals surface area contributed by atoms with E-state index in [-0.39, 0.29) is 0 Å². The van der Waals surface area contributed by atoms with Gasteiger partial charge in [-0.05, 0) is 54.8 Å². The highest BCUT2D eigenvalue weighted by atomic mass is 35.5. The zero-order valence-electron chi connectivity index (χ0n) is 20.4. The molecule has 0 unspecified atom stereocenters. The third kappa shape index (κ3) is 9.86. The van der Waals surface area contributed by atoms with E-state index in [2.05, 4.69) is 26.4 Å². The fourth-order valence-corrected chi connectivity index (χ4v) is 3.18. The van der Waals surface area contributed by atoms with Crippen LogP contribution in [0.4, 0.5) is 0 Å². The average Bonchev–Trinajstić information content (AvgIpc) is 2.85. The molecule has 0 atom stereocenters. The predicted molar refractivity (Wildman–Crippen MR) is 126 cm³/mol. The Bertz CT molecular complexity index is 1020. The van der Waals surface area contributed by atoms with Crippen LogP contribution in [0.1, 0.15) is 25.0 Å². The van der Waals surface area contributed by atoms with Gasteiger partial charge in [0.1, 0.15) is 31.1 Å². The molecule has 7 N–H and O–H groups in total. The van der Waals surface area contributed by atoms with Gasteiger partial charge in [0.05, 0.1) is 16.2 Å². The Hall–Kier alpha value is -2.74. The molecule has 2 aromatic carbocycles. The highest BCUT2D eigenvalue weighted by molar-refractivity contribution is 6.30. The summed E-state index contributed by atoms with van der Waals surface area (Å²) in [5.74, 6) is -0.534. The molecule has 0 aliphatic heterocycles. The Morgan fingerprint density at radius 1 is 0.816 bits per heavy atom. The van der Waals surface area contributed by atoms with E-state index in [1.54, 1.807) is 36.4 Å². The largest absolute Gasteiger partial charge is 0.478 e. The molecule has 0 bridgehead atoms. The zero-order valence-corrected chi connectivity index (χ0v) is 21.1. The Morgan fingerprint density at radius 2 is 1.21 bits per heavy atom. The lowest BCUT2D eigenvalue weighted by atomic mass is 9.99. The van der Waals surface area contributed by atoms with Crippen LogP contribution in [-0.4, -0.2) is 84.3 Å². The van der Waals surface area contributed by atoms with Gasteiger partial charge in [0.25, 0.3) is 5.91 Å². The van der Waals surface area contributed by atoms with Gasteiger partial charge in [-0.15, -0.1) is 0 Å². The average molecular weight is 561 g/mol. The van der Waals surface area contributed by atoms with Crippen molar-refractivity contribution >= 4 is 23.1 Å². The first kappa shape index (κ1) is 31.5. The maximum Gasteiger partial charge on any atom is 0.264 e. The Kier molecular flexibility index (Phi) is 11.5. The second-order valence-corrected chi connectivity index (χ2v) is 8.87. The summed E-state index contributed by atoms with van der Waals surface area (Å²) in [5.41, 5.74) is -1.16. The number of nitrogens with one attached hydrogen (secondary N) is 1. The van der Waals surface area contributed by atoms with Gasteiger partial charge < -0.3 is 10.1 Å². The maximum atomic E-state index is 13.2. The van der Waals surface area contributed by atoms with Gasteiger partial charge in [-0.3, -0.25) is 36.0 Å². The first-order valence-electron chi connectivity index (χ1n) is 10.7. The summed E-state index contributed by atoms with van der Waals surface area (Å²) in [7, 11) is 0. The topological polar surface area (TPSA) is 197 Å². The van der Waals surface area contributed by atoms with Crippen molar-refractivity contribution in [1.82, 2.24) is 21.5 Å². The second kappa shape index (κ2) is 13.9. The summed E-state index contributed by atoms with van der Waals surface area (Å²) in [5, 5.41) is 54.5. The molecule has 2 aromatic rings. The number of rotatable bonds is 15. The van der Waals surface area contributed by atoms with Gasteiger partial charge in [0.15, 0.2) is 5.60 Å². The van der Waals surface area contributed by atoms with Crippen molar-refractivity contribution in [2.75, 3.05) is 19.8 Å². The second-order valence-electron chi connectivity index (χ2n) is 8.44. The van der Waals surface area contributed by atoms with Gasteiger partial charge in [-0.1, -0.05) is 42.4 Å². The molecule has 38 heavy (non-hydrogen) atoms. The van der Waals surface area contributed by atoms with Gasteiger partial charge in [-0.2, -0.15) is 0 Å². The van der Waals surface area contributed by atoms with Gasteiger partial charge in [0.2, 0.25) is 0 Å². The lowest BCUT2D eigenvalue weighted by Crippen LogP contribution is -2.64. The van der Waals surface area contributed by atoms with E-state index in [0.717, 1.165) is 16.7 Å². The highest BCUT2D eigenvalue weighted by Crippen LogP contribution is 2.27. The Labute approximate surface area is 222 Å². The monoisotopic (exact) mass is 560 g/mol. The molecule has 2 rings (SSSR count). The number of halogens is 1. The lowest BCUT2D eigenvalue weighted by Gasteiger charge is -2.36. The maximum absolute atomic E-state index is 13.2. The van der Waals surface area contributed by atoms with E-state index in [9.17, 15) is 4.79 Å². The van der Waals surface area contributed by atoms with Gasteiger partial charge in [-0.25, -0.2) is 14.5 Å². The molecule has 0 saturated carbocycles. The third-order valence-corrected chi connectivity index (χ3v) is 5.31. The fourth-order valence-electron chi connectivity index (χ4n) is 3.05. The standard InChI is InChI=1S/C22H29ClN4O11/c1-15(16-4-8-18(23)9-5-16)17-6-10-19(11-7-17)38-21(2,3)20(28)24-22(12-35-25(29)30,13-36-26(31)32)14-37-27(33)34/h4-11,29-34H,1,12-14H2,2-3H3,(H,24,28). The number of benzene rings is 2. The molecule has 0 fully saturated rings. The molecule has 15 nitrogen and oxygen atoms in total. The van der Waals surface area contributed by atoms with Gasteiger partial charge >= 0.3 is 0 Å². The van der Waals surface area contributed by atoms with Gasteiger partial charge in [0, 0.05) is 5.02 Å². The van der Waals surface area contributed by atoms with E-state index >= 15 is 0 Å². The lowest BCUT2D eigenvalue weighted by molar-refractivity contribution is -0.517. The summed E-state index contributed by atoms with van der Waals surface area (Å²) in [6.07, 6.45) is 0. The smallest absolute Gasteiger partial charge is 0.264 e. The van der Waals surface area contributed by atoms with Crippen molar-refractivity contribution in [1.29, 1.82) is 0 Å². The van der Waals surface area contributed by atoms with Crippen LogP contribution >= 0.6 is 11.6 Å². The van der Waals surface area contributed by atoms with Crippen LogP contribution in [-0.2, 0) is 19.3 Å². The quantitative estimate of drug-likeness (QED) is 0.157. The van der Waals surface area contributed by atoms with Crippen LogP contribution < -0.4 is 10.1 Å². The Morgan fingerprint density at radius 3 is 1.61 bits per heavy atom. The van der Waals surface area contributed by atoms with E-state index in [1.807, 2.05) is 12.1 Å². The summed E-state index contributed by atoms with van der Waals surface area (Å²) >= 11 is 5.93. The van der Waals surface area contributed by atoms with Crippen molar-refractivity contribution < 1.29 is 55.3 Å². The molecular formula is C22H29ClN4O11. The normalized spacial score (nSPS) is 12.3. The number of hydrogen-bond donors (Lipinski definition) is 7. The number of ether oxygens (including phenoxy) is 1. The molecule has 0 heterocycles. The first-order chi connectivity index (χ1) is 17.7. The molecule has 0 spiro atoms. The number of nitrogens with zero attached hydrogens (tertiary/aromatic N) is 3. The molecule has 0 aliphatic carbocycles. The predicted octanol–water partition coefficient (Wildman–Crippen LogP) is 2.45. The minimum atomic E-state index is -1.96. The van der Waals surface area contributed by atoms with Crippen LogP contribution in [0.2, 0.25) is 5.02 Å². The molecular weight excluding hydrogens is 532 g/mol. The van der Waals surface area contributed by atoms with E-state index in [1.165, 1.54) is 13.8 Å². The van der Waals surface area contributed by atoms with Crippen LogP contribution in [0, 0.1) is 0 Å². The zero-order chi connectivity index (χ0) is 28.5. The molecule has 0 aliphatic rings. The Balaban J connectivity index is 2.19. The van der Waals surface area contributed by atoms with Crippen molar-refractivity contribution in [3.05, 3.63) is 71.3 Å². The summed E-state index contributed by atoms with van der Waals surface area (Å²) in [6.45, 7) is 4.43. The number of hydrogen-bond acceptors (Lipinski definition) is 14. The minimum Gasteiger partial charge on any atom is -0.478 e. The SMILES string of the molecule is C=C(c1ccc(Cl)cc1)c1ccc(OC(C)(C)C(=O)NC(CON(O)O)(CON(O)O)CON(O)O)cc1. The third-order valence-electron chi connectivity index (χ3n) is 5.06. The molecule has 1 amide bonds. The van der Waals surface area contributed by atoms with E-state index in [0.29, 0.717) is 10.8 Å². The van der Waals surface area contributed by atoms with Crippen LogP contribution in [0.5, 0.6) is 5.75 Å². The summed E-state index contributed by atoms with van der Waals surface area (Å²) in [6, 6.07) is 13.9. The minimum absolute atomic E-state index is 0.304. The van der Waals surface area contributed by atoms with Crippen molar-refractivity contribution in [2.45, 2.75) is 25.0 Å². The molecule has 0 aromatic heterocycles. The number of carbonyl (C=O) groups excluding carboxylic acids is 1. The summed E-state index contributed by atoms with van der Waals surface area (Å²) < 4.78 is 5.83. The molecule has 0 radical (unpaired) electrons.